The van der Waals surface area contributed by atoms with E-state index in [0.717, 1.165) is 31.4 Å². The molecule has 0 bridgehead atoms. The molecule has 37 heavy (non-hydrogen) atoms. The highest BCUT2D eigenvalue weighted by atomic mass is 32.2. The van der Waals surface area contributed by atoms with E-state index in [1.807, 2.05) is 23.2 Å². The molecule has 3 N–H and O–H groups in total. The fourth-order valence-electron chi connectivity index (χ4n) is 5.81. The molecule has 1 aliphatic heterocycles. The van der Waals surface area contributed by atoms with E-state index in [0.29, 0.717) is 24.4 Å². The van der Waals surface area contributed by atoms with Gasteiger partial charge in [0.25, 0.3) is 11.8 Å². The maximum atomic E-state index is 13.0. The minimum atomic E-state index is -2.95. The molecule has 194 valence electrons. The second kappa shape index (κ2) is 8.72. The molecule has 0 unspecified atom stereocenters. The molecule has 6 rings (SSSR count). The maximum Gasteiger partial charge on any atom is 0.270 e. The van der Waals surface area contributed by atoms with Crippen LogP contribution in [0, 0.1) is 5.41 Å². The Morgan fingerprint density at radius 2 is 1.86 bits per heavy atom. The van der Waals surface area contributed by atoms with Gasteiger partial charge in [-0.2, -0.15) is 0 Å². The van der Waals surface area contributed by atoms with Crippen molar-refractivity contribution >= 4 is 33.0 Å². The van der Waals surface area contributed by atoms with Crippen molar-refractivity contribution in [2.24, 2.45) is 11.1 Å². The number of aromatic nitrogens is 3. The van der Waals surface area contributed by atoms with Crippen molar-refractivity contribution in [1.82, 2.24) is 19.7 Å². The summed E-state index contributed by atoms with van der Waals surface area (Å²) in [5.41, 5.74) is 7.85. The van der Waals surface area contributed by atoms with Crippen LogP contribution in [0.25, 0.3) is 5.65 Å². The first kappa shape index (κ1) is 23.7. The van der Waals surface area contributed by atoms with Crippen LogP contribution in [0.5, 0.6) is 5.88 Å². The fourth-order valence-corrected chi connectivity index (χ4v) is 7.01. The van der Waals surface area contributed by atoms with Crippen LogP contribution in [-0.2, 0) is 9.84 Å². The lowest BCUT2D eigenvalue weighted by atomic mass is 9.53. The maximum absolute atomic E-state index is 13.0. The molecule has 4 heterocycles. The lowest BCUT2D eigenvalue weighted by Gasteiger charge is -2.57. The van der Waals surface area contributed by atoms with E-state index in [9.17, 15) is 18.0 Å². The Labute approximate surface area is 213 Å². The first-order valence-electron chi connectivity index (χ1n) is 12.4. The van der Waals surface area contributed by atoms with Gasteiger partial charge in [0.05, 0.1) is 17.7 Å². The van der Waals surface area contributed by atoms with E-state index in [1.165, 1.54) is 0 Å². The zero-order valence-electron chi connectivity index (χ0n) is 20.2. The van der Waals surface area contributed by atoms with E-state index in [2.05, 4.69) is 15.3 Å². The van der Waals surface area contributed by atoms with Gasteiger partial charge in [-0.25, -0.2) is 18.4 Å². The molecule has 2 saturated carbocycles. The number of imidazole rings is 1. The standard InChI is InChI=1S/C25H28N6O5S/c26-22(32)19-2-1-4-27-24(19)36-18-13-25(14-18)11-16(12-25)29-23(33)20-15-28-21-10-17(3-5-31(20)21)30-6-8-37(34,35)9-7-30/h1-5,10,15-16,18H,6-9,11-14H2,(H2,26,32)(H,29,33). The Morgan fingerprint density at radius 3 is 2.59 bits per heavy atom. The van der Waals surface area contributed by atoms with Gasteiger partial charge in [-0.15, -0.1) is 0 Å². The Hall–Kier alpha value is -3.67. The van der Waals surface area contributed by atoms with Gasteiger partial charge in [0, 0.05) is 43.3 Å². The predicted molar refractivity (Wildman–Crippen MR) is 135 cm³/mol. The van der Waals surface area contributed by atoms with Crippen LogP contribution in [0.4, 0.5) is 5.69 Å². The zero-order valence-corrected chi connectivity index (χ0v) is 21.0. The second-order valence-electron chi connectivity index (χ2n) is 10.3. The quantitative estimate of drug-likeness (QED) is 0.488. The molecule has 3 aromatic heterocycles. The highest BCUT2D eigenvalue weighted by Gasteiger charge is 2.54. The molecule has 3 fully saturated rings. The Bertz CT molecular complexity index is 1470. The zero-order chi connectivity index (χ0) is 25.8. The van der Waals surface area contributed by atoms with Crippen molar-refractivity contribution < 1.29 is 22.7 Å². The number of anilines is 1. The van der Waals surface area contributed by atoms with Crippen LogP contribution < -0.4 is 20.7 Å². The largest absolute Gasteiger partial charge is 0.474 e. The molecule has 11 nitrogen and oxygen atoms in total. The Morgan fingerprint density at radius 1 is 1.11 bits per heavy atom. The summed E-state index contributed by atoms with van der Waals surface area (Å²) in [5.74, 6) is -0.161. The lowest BCUT2D eigenvalue weighted by molar-refractivity contribution is -0.0848. The number of carbonyl (C=O) groups excluding carboxylic acids is 2. The van der Waals surface area contributed by atoms with Gasteiger partial charge < -0.3 is 20.7 Å². The van der Waals surface area contributed by atoms with Gasteiger partial charge in [-0.05, 0) is 49.3 Å². The number of rotatable bonds is 6. The SMILES string of the molecule is NC(=O)c1cccnc1OC1CC2(CC(NC(=O)c3cnc4cc(N5CCS(=O)(=O)CC5)ccn34)C2)C1. The topological polar surface area (TPSA) is 149 Å². The van der Waals surface area contributed by atoms with E-state index in [1.54, 1.807) is 28.9 Å². The summed E-state index contributed by atoms with van der Waals surface area (Å²) in [6.07, 6.45) is 8.40. The molecule has 0 radical (unpaired) electrons. The number of fused-ring (bicyclic) bond motifs is 1. The number of hydrogen-bond acceptors (Lipinski definition) is 8. The number of ether oxygens (including phenoxy) is 1. The summed E-state index contributed by atoms with van der Waals surface area (Å²) in [5, 5.41) is 3.12. The summed E-state index contributed by atoms with van der Waals surface area (Å²) in [4.78, 5) is 35.1. The third-order valence-electron chi connectivity index (χ3n) is 7.77. The first-order chi connectivity index (χ1) is 17.7. The van der Waals surface area contributed by atoms with Crippen molar-refractivity contribution in [3.05, 3.63) is 54.1 Å². The van der Waals surface area contributed by atoms with Crippen LogP contribution in [0.3, 0.4) is 0 Å². The number of amides is 2. The second-order valence-corrected chi connectivity index (χ2v) is 12.6. The van der Waals surface area contributed by atoms with Gasteiger partial charge in [0.2, 0.25) is 5.88 Å². The van der Waals surface area contributed by atoms with Gasteiger partial charge in [-0.1, -0.05) is 0 Å². The van der Waals surface area contributed by atoms with Crippen molar-refractivity contribution in [2.75, 3.05) is 29.5 Å². The highest BCUT2D eigenvalue weighted by molar-refractivity contribution is 7.91. The molecule has 0 atom stereocenters. The summed E-state index contributed by atoms with van der Waals surface area (Å²) in [7, 11) is -2.95. The molecular weight excluding hydrogens is 496 g/mol. The molecule has 12 heteroatoms. The number of hydrogen-bond donors (Lipinski definition) is 2. The molecule has 0 aromatic carbocycles. The summed E-state index contributed by atoms with van der Waals surface area (Å²) in [6, 6.07) is 7.12. The average molecular weight is 525 g/mol. The number of carbonyl (C=O) groups is 2. The molecule has 1 saturated heterocycles. The van der Waals surface area contributed by atoms with E-state index >= 15 is 0 Å². The van der Waals surface area contributed by atoms with Crippen LogP contribution in [0.15, 0.2) is 42.9 Å². The molecular formula is C25H28N6O5S. The lowest BCUT2D eigenvalue weighted by Crippen LogP contribution is -2.58. The van der Waals surface area contributed by atoms with Crippen LogP contribution in [0.2, 0.25) is 0 Å². The fraction of sp³-hybridized carbons (Fsp3) is 0.440. The van der Waals surface area contributed by atoms with Crippen molar-refractivity contribution in [3.8, 4) is 5.88 Å². The van der Waals surface area contributed by atoms with Crippen LogP contribution in [-0.4, -0.2) is 71.3 Å². The number of nitrogens with one attached hydrogen (secondary N) is 1. The van der Waals surface area contributed by atoms with Gasteiger partial charge in [0.1, 0.15) is 23.0 Å². The Kier molecular flexibility index (Phi) is 5.59. The van der Waals surface area contributed by atoms with Crippen LogP contribution in [0.1, 0.15) is 46.5 Å². The number of primary amides is 1. The summed E-state index contributed by atoms with van der Waals surface area (Å²) in [6.45, 7) is 0.909. The van der Waals surface area contributed by atoms with Crippen molar-refractivity contribution in [3.63, 3.8) is 0 Å². The summed E-state index contributed by atoms with van der Waals surface area (Å²) < 4.78 is 31.1. The third-order valence-corrected chi connectivity index (χ3v) is 9.38. The van der Waals surface area contributed by atoms with Gasteiger partial charge >= 0.3 is 0 Å². The predicted octanol–water partition coefficient (Wildman–Crippen LogP) is 1.18. The number of sulfone groups is 1. The number of nitrogens with two attached hydrogens (primary N) is 1. The van der Waals surface area contributed by atoms with E-state index in [4.69, 9.17) is 10.5 Å². The number of pyridine rings is 2. The van der Waals surface area contributed by atoms with Crippen molar-refractivity contribution in [2.45, 2.75) is 37.8 Å². The molecule has 3 aromatic rings. The minimum absolute atomic E-state index is 0.0161. The minimum Gasteiger partial charge on any atom is -0.474 e. The van der Waals surface area contributed by atoms with Gasteiger partial charge in [-0.3, -0.25) is 14.0 Å². The highest BCUT2D eigenvalue weighted by Crippen LogP contribution is 2.56. The normalized spacial score (nSPS) is 26.3. The van der Waals surface area contributed by atoms with Crippen LogP contribution >= 0.6 is 0 Å². The molecule has 1 spiro atoms. The first-order valence-corrected chi connectivity index (χ1v) is 14.2. The molecule has 3 aliphatic rings. The third kappa shape index (κ3) is 4.50. The average Bonchev–Trinajstić information content (AvgIpc) is 3.25. The molecule has 2 aliphatic carbocycles. The number of nitrogens with zero attached hydrogens (tertiary/aromatic N) is 4. The molecule has 2 amide bonds. The summed E-state index contributed by atoms with van der Waals surface area (Å²) >= 11 is 0. The van der Waals surface area contributed by atoms with Crippen molar-refractivity contribution in [1.29, 1.82) is 0 Å². The van der Waals surface area contributed by atoms with E-state index < -0.39 is 15.7 Å². The van der Waals surface area contributed by atoms with E-state index in [-0.39, 0.29) is 46.4 Å². The van der Waals surface area contributed by atoms with Gasteiger partial charge in [0.15, 0.2) is 9.84 Å². The monoisotopic (exact) mass is 524 g/mol. The smallest absolute Gasteiger partial charge is 0.270 e. The Balaban J connectivity index is 1.03.